The van der Waals surface area contributed by atoms with Crippen LogP contribution in [0.5, 0.6) is 0 Å². The van der Waals surface area contributed by atoms with Crippen molar-refractivity contribution in [2.24, 2.45) is 0 Å². The van der Waals surface area contributed by atoms with Crippen LogP contribution in [-0.4, -0.2) is 33.9 Å². The molecular weight excluding hydrogens is 841 g/mol. The highest BCUT2D eigenvalue weighted by atomic mass is 32.2. The Morgan fingerprint density at radius 2 is 0.812 bits per heavy atom. The van der Waals surface area contributed by atoms with Crippen LogP contribution in [0.2, 0.25) is 0 Å². The standard InChI is InChI=1S/C52H48N4O6S2/c1-29(57)63-37-21-17-35(18-22-37)55-47(59)39-25-42(54-28-32-11-15-34(16-12-32)52(6,7)8)46-44-40(48(60)56(50(46)62)36-19-23-38(24-20-36)64-30(2)58)26-41(45(43(39)44)49(55)61)53-27-31-9-13-33(14-10-31)51(3,4)5/h9-26,53-54H,27-28H2,1-8H3. The number of hydrogen-bond donors (Lipinski definition) is 2. The second kappa shape index (κ2) is 16.9. The topological polar surface area (TPSA) is 133 Å². The summed E-state index contributed by atoms with van der Waals surface area (Å²) in [6.45, 7) is 16.3. The quantitative estimate of drug-likeness (QED) is 0.101. The smallest absolute Gasteiger partial charge is 0.268 e. The molecule has 4 amide bonds. The third-order valence-electron chi connectivity index (χ3n) is 11.4. The van der Waals surface area contributed by atoms with E-state index in [9.17, 15) is 19.2 Å². The van der Waals surface area contributed by atoms with Crippen LogP contribution < -0.4 is 20.4 Å². The molecule has 64 heavy (non-hydrogen) atoms. The predicted octanol–water partition coefficient (Wildman–Crippen LogP) is 11.5. The van der Waals surface area contributed by atoms with Gasteiger partial charge in [-0.05, 0) is 93.7 Å². The molecule has 0 atom stereocenters. The second-order valence-corrected chi connectivity index (χ2v) is 20.6. The fourth-order valence-corrected chi connectivity index (χ4v) is 9.32. The Labute approximate surface area is 381 Å². The van der Waals surface area contributed by atoms with Crippen molar-refractivity contribution in [2.75, 3.05) is 20.4 Å². The van der Waals surface area contributed by atoms with E-state index in [1.165, 1.54) is 13.8 Å². The molecule has 6 aromatic carbocycles. The number of amides is 4. The predicted molar refractivity (Wildman–Crippen MR) is 257 cm³/mol. The SMILES string of the molecule is CC(=O)Sc1ccc(N2C(=O)c3cc(NCc4ccc(C(C)(C)C)cc4)c4c5c(cc(NCc6ccc(C(C)(C)C)cc6)c(c35)C2=O)C(=O)N(c2ccc(SC(C)=O)cc2)C4=O)cc1. The second-order valence-electron chi connectivity index (χ2n) is 18.1. The molecule has 6 aromatic rings. The molecular formula is C52H48N4O6S2. The van der Waals surface area contributed by atoms with Gasteiger partial charge in [0.1, 0.15) is 0 Å². The van der Waals surface area contributed by atoms with Gasteiger partial charge < -0.3 is 10.6 Å². The summed E-state index contributed by atoms with van der Waals surface area (Å²) in [6.07, 6.45) is 0. The average molecular weight is 889 g/mol. The Kier molecular flexibility index (Phi) is 11.6. The molecule has 0 spiro atoms. The number of rotatable bonds is 10. The zero-order valence-corrected chi connectivity index (χ0v) is 38.6. The van der Waals surface area contributed by atoms with E-state index in [0.29, 0.717) is 32.5 Å². The van der Waals surface area contributed by atoms with Crippen molar-refractivity contribution in [2.45, 2.75) is 89.1 Å². The van der Waals surface area contributed by atoms with Gasteiger partial charge in [-0.3, -0.25) is 28.8 Å². The van der Waals surface area contributed by atoms with Crippen molar-refractivity contribution in [3.63, 3.8) is 0 Å². The third-order valence-corrected chi connectivity index (χ3v) is 13.0. The van der Waals surface area contributed by atoms with E-state index < -0.39 is 23.6 Å². The Morgan fingerprint density at radius 3 is 1.11 bits per heavy atom. The summed E-state index contributed by atoms with van der Waals surface area (Å²) in [5, 5.41) is 7.09. The van der Waals surface area contributed by atoms with Crippen molar-refractivity contribution in [3.05, 3.63) is 154 Å². The van der Waals surface area contributed by atoms with Crippen LogP contribution in [0.3, 0.4) is 0 Å². The van der Waals surface area contributed by atoms with E-state index in [0.717, 1.165) is 55.6 Å². The Bertz CT molecular complexity index is 2710. The van der Waals surface area contributed by atoms with Gasteiger partial charge in [0.25, 0.3) is 23.6 Å². The molecule has 0 radical (unpaired) electrons. The lowest BCUT2D eigenvalue weighted by molar-refractivity contribution is -0.109. The number of thioether (sulfide) groups is 2. The molecule has 0 saturated heterocycles. The zero-order valence-electron chi connectivity index (χ0n) is 37.0. The molecule has 2 aliphatic rings. The van der Waals surface area contributed by atoms with Gasteiger partial charge in [0.05, 0.1) is 33.6 Å². The van der Waals surface area contributed by atoms with Crippen LogP contribution >= 0.6 is 23.5 Å². The van der Waals surface area contributed by atoms with Crippen LogP contribution in [0.25, 0.3) is 10.8 Å². The summed E-state index contributed by atoms with van der Waals surface area (Å²) in [5.41, 5.74) is 5.84. The number of anilines is 4. The average Bonchev–Trinajstić information content (AvgIpc) is 3.23. The molecule has 2 heterocycles. The Hall–Kier alpha value is -6.50. The minimum absolute atomic E-state index is 0.0581. The van der Waals surface area contributed by atoms with Crippen LogP contribution in [0.1, 0.15) is 119 Å². The van der Waals surface area contributed by atoms with Crippen molar-refractivity contribution >= 4 is 90.9 Å². The van der Waals surface area contributed by atoms with Gasteiger partial charge >= 0.3 is 0 Å². The number of hydrogen-bond acceptors (Lipinski definition) is 10. The number of nitrogens with one attached hydrogen (secondary N) is 2. The highest BCUT2D eigenvalue weighted by Gasteiger charge is 2.44. The summed E-state index contributed by atoms with van der Waals surface area (Å²) in [7, 11) is 0. The molecule has 0 aliphatic carbocycles. The lowest BCUT2D eigenvalue weighted by Gasteiger charge is -2.34. The minimum Gasteiger partial charge on any atom is -0.380 e. The van der Waals surface area contributed by atoms with Crippen LogP contribution in [-0.2, 0) is 33.5 Å². The maximum Gasteiger partial charge on any atom is 0.268 e. The highest BCUT2D eigenvalue weighted by molar-refractivity contribution is 8.13. The first-order valence-corrected chi connectivity index (χ1v) is 22.6. The van der Waals surface area contributed by atoms with Crippen molar-refractivity contribution in [1.82, 2.24) is 0 Å². The Balaban J connectivity index is 1.32. The molecule has 2 aliphatic heterocycles. The highest BCUT2D eigenvalue weighted by Crippen LogP contribution is 2.46. The fraction of sp³-hybridized carbons (Fsp3) is 0.231. The van der Waals surface area contributed by atoms with Gasteiger partial charge in [-0.1, -0.05) is 114 Å². The van der Waals surface area contributed by atoms with Crippen LogP contribution in [0.15, 0.2) is 119 Å². The van der Waals surface area contributed by atoms with E-state index >= 15 is 9.59 Å². The van der Waals surface area contributed by atoms with Gasteiger partial charge in [-0.25, -0.2) is 9.80 Å². The number of imide groups is 2. The van der Waals surface area contributed by atoms with Crippen molar-refractivity contribution < 1.29 is 28.8 Å². The van der Waals surface area contributed by atoms with Crippen molar-refractivity contribution in [1.29, 1.82) is 0 Å². The molecule has 12 heteroatoms. The van der Waals surface area contributed by atoms with Gasteiger partial charge in [-0.15, -0.1) is 0 Å². The number of carbonyl (C=O) groups is 6. The minimum atomic E-state index is -0.631. The first kappa shape index (κ1) is 44.1. The fourth-order valence-electron chi connectivity index (χ4n) is 8.11. The van der Waals surface area contributed by atoms with Crippen molar-refractivity contribution in [3.8, 4) is 0 Å². The maximum absolute atomic E-state index is 15.0. The summed E-state index contributed by atoms with van der Waals surface area (Å²) in [5.74, 6) is -2.52. The molecule has 324 valence electrons. The lowest BCUT2D eigenvalue weighted by atomic mass is 9.83. The first-order valence-electron chi connectivity index (χ1n) is 21.0. The summed E-state index contributed by atoms with van der Waals surface area (Å²) in [4.78, 5) is 87.2. The summed E-state index contributed by atoms with van der Waals surface area (Å²) < 4.78 is 0. The number of benzene rings is 6. The number of carbonyl (C=O) groups excluding carboxylic acids is 6. The molecule has 2 N–H and O–H groups in total. The van der Waals surface area contributed by atoms with E-state index in [4.69, 9.17) is 0 Å². The maximum atomic E-state index is 15.0. The molecule has 0 fully saturated rings. The lowest BCUT2D eigenvalue weighted by Crippen LogP contribution is -2.44. The first-order chi connectivity index (χ1) is 30.3. The van der Waals surface area contributed by atoms with E-state index in [2.05, 4.69) is 76.4 Å². The van der Waals surface area contributed by atoms with Gasteiger partial charge in [-0.2, -0.15) is 0 Å². The van der Waals surface area contributed by atoms with Gasteiger partial charge in [0.2, 0.25) is 0 Å². The molecule has 8 rings (SSSR count). The third kappa shape index (κ3) is 8.47. The molecule has 0 unspecified atom stereocenters. The molecule has 0 saturated carbocycles. The van der Waals surface area contributed by atoms with Gasteiger partial charge in [0, 0.05) is 58.9 Å². The van der Waals surface area contributed by atoms with E-state index in [-0.39, 0.29) is 67.2 Å². The number of nitrogens with zero attached hydrogens (tertiary/aromatic N) is 2. The zero-order chi connectivity index (χ0) is 45.8. The van der Waals surface area contributed by atoms with Gasteiger partial charge in [0.15, 0.2) is 10.2 Å². The largest absolute Gasteiger partial charge is 0.380 e. The molecule has 10 nitrogen and oxygen atoms in total. The summed E-state index contributed by atoms with van der Waals surface area (Å²) in [6, 6.07) is 32.8. The van der Waals surface area contributed by atoms with E-state index in [1.807, 2.05) is 24.3 Å². The normalized spacial score (nSPS) is 13.8. The molecule has 0 aromatic heterocycles. The van der Waals surface area contributed by atoms with Crippen LogP contribution in [0, 0.1) is 0 Å². The monoisotopic (exact) mass is 888 g/mol. The Morgan fingerprint density at radius 1 is 0.484 bits per heavy atom. The van der Waals surface area contributed by atoms with E-state index in [1.54, 1.807) is 60.7 Å². The summed E-state index contributed by atoms with van der Waals surface area (Å²) >= 11 is 2.08. The van der Waals surface area contributed by atoms with Crippen LogP contribution in [0.4, 0.5) is 22.7 Å². The molecule has 0 bridgehead atoms.